The first kappa shape index (κ1) is 11.9. The molecule has 1 heterocycles. The van der Waals surface area contributed by atoms with E-state index in [4.69, 9.17) is 21.4 Å². The highest BCUT2D eigenvalue weighted by Gasteiger charge is 2.33. The van der Waals surface area contributed by atoms with E-state index in [-0.39, 0.29) is 18.9 Å². The first-order valence-electron chi connectivity index (χ1n) is 5.51. The lowest BCUT2D eigenvalue weighted by Gasteiger charge is -2.22. The Labute approximate surface area is 101 Å². The number of benzene rings is 1. The molecule has 0 radical (unpaired) electrons. The molecule has 4 heteroatoms. The Kier molecular flexibility index (Phi) is 3.82. The molecule has 1 N–H and O–H groups in total. The van der Waals surface area contributed by atoms with Gasteiger partial charge in [0.25, 0.3) is 0 Å². The molecule has 2 unspecified atom stereocenters. The minimum absolute atomic E-state index is 0.0530. The Balaban J connectivity index is 2.23. The van der Waals surface area contributed by atoms with Crippen LogP contribution in [0.5, 0.6) is 0 Å². The van der Waals surface area contributed by atoms with E-state index in [2.05, 4.69) is 11.8 Å². The number of ether oxygens (including phenoxy) is 1. The smallest absolute Gasteiger partial charge is 0.138 e. The van der Waals surface area contributed by atoms with Gasteiger partial charge in [-0.1, -0.05) is 36.7 Å². The van der Waals surface area contributed by atoms with Crippen molar-refractivity contribution < 1.29 is 9.84 Å². The van der Waals surface area contributed by atoms with Gasteiger partial charge in [-0.25, -0.2) is 0 Å². The molecule has 2 atom stereocenters. The van der Waals surface area contributed by atoms with Crippen LogP contribution in [0.15, 0.2) is 24.3 Å². The third kappa shape index (κ3) is 2.23. The summed E-state index contributed by atoms with van der Waals surface area (Å²) in [7, 11) is 0. The van der Waals surface area contributed by atoms with Gasteiger partial charge in [0.1, 0.15) is 6.23 Å². The molecule has 0 amide bonds. The topological polar surface area (TPSA) is 32.7 Å². The van der Waals surface area contributed by atoms with Crippen LogP contribution in [0, 0.1) is 0 Å². The molecule has 1 aliphatic rings. The van der Waals surface area contributed by atoms with Crippen LogP contribution in [-0.4, -0.2) is 35.8 Å². The first-order chi connectivity index (χ1) is 7.76. The molecule has 1 aromatic carbocycles. The van der Waals surface area contributed by atoms with Crippen LogP contribution in [-0.2, 0) is 4.74 Å². The fourth-order valence-electron chi connectivity index (χ4n) is 2.01. The maximum Gasteiger partial charge on any atom is 0.138 e. The van der Waals surface area contributed by atoms with E-state index in [1.165, 1.54) is 0 Å². The standard InChI is InChI=1S/C12H16ClNO2/c1-2-14-7-9(8-15)16-12(14)10-5-3-4-6-11(10)13/h3-6,9,12,15H,2,7-8H2,1H3. The molecule has 0 aromatic heterocycles. The molecular formula is C12H16ClNO2. The van der Waals surface area contributed by atoms with Crippen LogP contribution in [0.4, 0.5) is 0 Å². The van der Waals surface area contributed by atoms with E-state index >= 15 is 0 Å². The number of hydrogen-bond acceptors (Lipinski definition) is 3. The highest BCUT2D eigenvalue weighted by molar-refractivity contribution is 6.31. The maximum atomic E-state index is 9.13. The van der Waals surface area contributed by atoms with E-state index < -0.39 is 0 Å². The number of nitrogens with zero attached hydrogens (tertiary/aromatic N) is 1. The average Bonchev–Trinajstić information content (AvgIpc) is 2.72. The van der Waals surface area contributed by atoms with E-state index in [0.717, 1.165) is 18.7 Å². The molecule has 2 rings (SSSR count). The molecule has 0 aliphatic carbocycles. The SMILES string of the molecule is CCN1CC(CO)OC1c1ccccc1Cl. The van der Waals surface area contributed by atoms with Crippen LogP contribution < -0.4 is 0 Å². The summed E-state index contributed by atoms with van der Waals surface area (Å²) in [5.74, 6) is 0. The van der Waals surface area contributed by atoms with Gasteiger partial charge in [0, 0.05) is 17.1 Å². The van der Waals surface area contributed by atoms with Crippen molar-refractivity contribution in [2.45, 2.75) is 19.3 Å². The summed E-state index contributed by atoms with van der Waals surface area (Å²) in [6, 6.07) is 7.68. The van der Waals surface area contributed by atoms with E-state index in [9.17, 15) is 0 Å². The Morgan fingerprint density at radius 2 is 2.25 bits per heavy atom. The van der Waals surface area contributed by atoms with Crippen molar-refractivity contribution in [2.75, 3.05) is 19.7 Å². The van der Waals surface area contributed by atoms with Gasteiger partial charge in [-0.2, -0.15) is 0 Å². The zero-order valence-electron chi connectivity index (χ0n) is 9.27. The molecule has 88 valence electrons. The summed E-state index contributed by atoms with van der Waals surface area (Å²) in [6.07, 6.45) is -0.239. The second-order valence-electron chi connectivity index (χ2n) is 3.90. The van der Waals surface area contributed by atoms with Crippen molar-refractivity contribution >= 4 is 11.6 Å². The predicted octanol–water partition coefficient (Wildman–Crippen LogP) is 2.05. The van der Waals surface area contributed by atoms with E-state index in [1.807, 2.05) is 24.3 Å². The highest BCUT2D eigenvalue weighted by atomic mass is 35.5. The molecular weight excluding hydrogens is 226 g/mol. The fourth-order valence-corrected chi connectivity index (χ4v) is 2.24. The van der Waals surface area contributed by atoms with Gasteiger partial charge in [-0.15, -0.1) is 0 Å². The number of hydrogen-bond donors (Lipinski definition) is 1. The van der Waals surface area contributed by atoms with Crippen LogP contribution in [0.2, 0.25) is 5.02 Å². The van der Waals surface area contributed by atoms with Crippen molar-refractivity contribution in [1.82, 2.24) is 4.90 Å². The van der Waals surface area contributed by atoms with Gasteiger partial charge < -0.3 is 9.84 Å². The Hall–Kier alpha value is -0.610. The normalized spacial score (nSPS) is 26.2. The number of likely N-dealkylation sites (N-methyl/N-ethyl adjacent to an activating group) is 1. The van der Waals surface area contributed by atoms with Crippen LogP contribution in [0.1, 0.15) is 18.7 Å². The number of halogens is 1. The van der Waals surface area contributed by atoms with Crippen molar-refractivity contribution in [3.8, 4) is 0 Å². The van der Waals surface area contributed by atoms with Crippen LogP contribution >= 0.6 is 11.6 Å². The van der Waals surface area contributed by atoms with Gasteiger partial charge in [0.05, 0.1) is 12.7 Å². The molecule has 1 fully saturated rings. The van der Waals surface area contributed by atoms with Crippen molar-refractivity contribution in [3.63, 3.8) is 0 Å². The van der Waals surface area contributed by atoms with Crippen LogP contribution in [0.3, 0.4) is 0 Å². The second-order valence-corrected chi connectivity index (χ2v) is 4.31. The molecule has 1 aliphatic heterocycles. The highest BCUT2D eigenvalue weighted by Crippen LogP contribution is 2.33. The summed E-state index contributed by atoms with van der Waals surface area (Å²) in [5, 5.41) is 9.84. The Morgan fingerprint density at radius 1 is 1.50 bits per heavy atom. The summed E-state index contributed by atoms with van der Waals surface area (Å²) in [5.41, 5.74) is 0.974. The van der Waals surface area contributed by atoms with Gasteiger partial charge in [-0.05, 0) is 12.6 Å². The summed E-state index contributed by atoms with van der Waals surface area (Å²) in [6.45, 7) is 3.76. The second kappa shape index (κ2) is 5.15. The zero-order chi connectivity index (χ0) is 11.5. The Morgan fingerprint density at radius 3 is 2.88 bits per heavy atom. The molecule has 0 saturated carbocycles. The molecule has 1 saturated heterocycles. The lowest BCUT2D eigenvalue weighted by molar-refractivity contribution is -0.0183. The first-order valence-corrected chi connectivity index (χ1v) is 5.88. The largest absolute Gasteiger partial charge is 0.394 e. The molecule has 0 bridgehead atoms. The monoisotopic (exact) mass is 241 g/mol. The third-order valence-electron chi connectivity index (χ3n) is 2.87. The fraction of sp³-hybridized carbons (Fsp3) is 0.500. The minimum atomic E-state index is -0.129. The van der Waals surface area contributed by atoms with Crippen molar-refractivity contribution in [3.05, 3.63) is 34.9 Å². The minimum Gasteiger partial charge on any atom is -0.394 e. The molecule has 0 spiro atoms. The van der Waals surface area contributed by atoms with E-state index in [0.29, 0.717) is 5.02 Å². The lowest BCUT2D eigenvalue weighted by atomic mass is 10.2. The molecule has 3 nitrogen and oxygen atoms in total. The molecule has 1 aromatic rings. The number of rotatable bonds is 3. The quantitative estimate of drug-likeness (QED) is 0.879. The Bertz CT molecular complexity index is 359. The molecule has 16 heavy (non-hydrogen) atoms. The van der Waals surface area contributed by atoms with Crippen molar-refractivity contribution in [1.29, 1.82) is 0 Å². The summed E-state index contributed by atoms with van der Waals surface area (Å²) in [4.78, 5) is 2.17. The van der Waals surface area contributed by atoms with Crippen molar-refractivity contribution in [2.24, 2.45) is 0 Å². The number of aliphatic hydroxyl groups is 1. The maximum absolute atomic E-state index is 9.13. The lowest BCUT2D eigenvalue weighted by Crippen LogP contribution is -2.25. The van der Waals surface area contributed by atoms with Gasteiger partial charge in [0.2, 0.25) is 0 Å². The summed E-state index contributed by atoms with van der Waals surface area (Å²) >= 11 is 6.15. The predicted molar refractivity (Wildman–Crippen MR) is 63.4 cm³/mol. The summed E-state index contributed by atoms with van der Waals surface area (Å²) < 4.78 is 5.77. The van der Waals surface area contributed by atoms with Gasteiger partial charge in [0.15, 0.2) is 0 Å². The number of aliphatic hydroxyl groups excluding tert-OH is 1. The zero-order valence-corrected chi connectivity index (χ0v) is 10.0. The third-order valence-corrected chi connectivity index (χ3v) is 3.22. The van der Waals surface area contributed by atoms with Crippen LogP contribution in [0.25, 0.3) is 0 Å². The van der Waals surface area contributed by atoms with Gasteiger partial charge in [-0.3, -0.25) is 4.90 Å². The van der Waals surface area contributed by atoms with Gasteiger partial charge >= 0.3 is 0 Å². The average molecular weight is 242 g/mol. The van der Waals surface area contributed by atoms with E-state index in [1.54, 1.807) is 0 Å².